The van der Waals surface area contributed by atoms with Crippen molar-refractivity contribution in [3.05, 3.63) is 81.8 Å². The van der Waals surface area contributed by atoms with Crippen LogP contribution < -0.4 is 56.1 Å². The summed E-state index contributed by atoms with van der Waals surface area (Å²) in [5.41, 5.74) is 32.3. The summed E-state index contributed by atoms with van der Waals surface area (Å²) in [4.78, 5) is 36.2. The number of para-hydroxylation sites is 1. The van der Waals surface area contributed by atoms with Crippen molar-refractivity contribution >= 4 is 211 Å². The predicted octanol–water partition coefficient (Wildman–Crippen LogP) is 39.1. The van der Waals surface area contributed by atoms with Gasteiger partial charge in [-0.15, -0.1) is 0 Å². The summed E-state index contributed by atoms with van der Waals surface area (Å²) in [5.74, 6) is 1.88. The molecule has 0 amide bonds. The number of hydrogen-bond donors (Lipinski definition) is 4. The average Bonchev–Trinajstić information content (AvgIpc) is 1.45. The van der Waals surface area contributed by atoms with E-state index in [-0.39, 0.29) is 0 Å². The molecule has 10 aromatic rings. The SMILES string of the molecule is CCCCCCOc1cc2sc(N(CCCC)CCCC)nc2cc1N=[NH2+].CCCCN(CCCC)c1nc2c(C)cccc2s1.CCCCN(CCCC)c1nc2c(Cl)c(C)c(N=[NH2+])cc2s1.CCCCN(CCCC)c1nc2c(Cl)c(OCCC(C)CC(C)(C)C)c(N=[NH2+])cc2s1.CCCCN(CCCC)c1nc2cccc(N=[NH2+])c2s1.F[P-](F)(F)(F)(F)F.F[P-](F)(F)(F)(F)F.F[P-](F)(F)(F)(F)F.F[P-](F)(F)(F)(F)F. The van der Waals surface area contributed by atoms with Crippen molar-refractivity contribution in [1.82, 2.24) is 24.9 Å². The molecule has 0 saturated heterocycles. The molecular weight excluding hydrogens is 2200 g/mol. The topological polar surface area (TPSA) is 251 Å². The number of aryl methyl sites for hydroxylation is 1. The van der Waals surface area contributed by atoms with E-state index in [0.29, 0.717) is 51.7 Å². The van der Waals surface area contributed by atoms with Crippen molar-refractivity contribution in [3.8, 4) is 11.5 Å². The van der Waals surface area contributed by atoms with Gasteiger partial charge in [-0.05, 0) is 165 Å². The van der Waals surface area contributed by atoms with Gasteiger partial charge in [-0.2, -0.15) is 22.1 Å². The number of hydrogen-bond acceptors (Lipinski definition) is 21. The normalized spacial score (nSPS) is 13.7. The minimum absolute atomic E-state index is 0.312. The Kier molecular flexibility index (Phi) is 52.7. The summed E-state index contributed by atoms with van der Waals surface area (Å²) in [7, 11) is -42.6. The van der Waals surface area contributed by atoms with Crippen molar-refractivity contribution in [1.29, 1.82) is 0 Å². The maximum atomic E-state index is 9.87. The fourth-order valence-electron chi connectivity index (χ4n) is 13.6. The Hall–Kier alpha value is -6.83. The monoisotopic (exact) mass is 2340 g/mol. The van der Waals surface area contributed by atoms with Crippen LogP contribution in [0, 0.1) is 25.2 Å². The van der Waals surface area contributed by atoms with Gasteiger partial charge in [0, 0.05) is 83.1 Å². The van der Waals surface area contributed by atoms with Crippen LogP contribution in [0.3, 0.4) is 0 Å². The Balaban J connectivity index is 0.000000585. The van der Waals surface area contributed by atoms with Crippen molar-refractivity contribution < 1.29 is 132 Å². The number of halogens is 26. The fourth-order valence-corrected chi connectivity index (χ4v) is 19.6. The molecule has 5 aromatic heterocycles. The first-order valence-corrected chi connectivity index (χ1v) is 61.7. The molecule has 848 valence electrons. The van der Waals surface area contributed by atoms with Crippen LogP contribution in [-0.2, 0) is 0 Å². The van der Waals surface area contributed by atoms with Crippen LogP contribution in [0.5, 0.6) is 11.5 Å². The number of nitrogens with two attached hydrogens (primary N) is 4. The van der Waals surface area contributed by atoms with E-state index in [2.05, 4.69) is 180 Å². The van der Waals surface area contributed by atoms with E-state index in [1.807, 2.05) is 54.7 Å². The molecule has 0 saturated carbocycles. The summed E-state index contributed by atoms with van der Waals surface area (Å²) < 4.78 is 254. The summed E-state index contributed by atoms with van der Waals surface area (Å²) in [6.45, 7) is 49.6. The number of aromatic nitrogens is 5. The Morgan fingerprint density at radius 2 is 0.660 bits per heavy atom. The molecule has 0 radical (unpaired) electrons. The van der Waals surface area contributed by atoms with Gasteiger partial charge in [0.15, 0.2) is 48.5 Å². The van der Waals surface area contributed by atoms with Crippen molar-refractivity contribution in [2.45, 2.75) is 285 Å². The van der Waals surface area contributed by atoms with E-state index < -0.39 is 31.2 Å². The summed E-state index contributed by atoms with van der Waals surface area (Å²) in [5, 5.41) is 22.1. The Bertz CT molecular complexity index is 5500. The molecule has 147 heavy (non-hydrogen) atoms. The van der Waals surface area contributed by atoms with Crippen molar-refractivity contribution in [2.24, 2.45) is 31.8 Å². The molecule has 5 heterocycles. The average molecular weight is 2350 g/mol. The molecule has 1 atom stereocenters. The number of fused-ring (bicyclic) bond motifs is 5. The van der Waals surface area contributed by atoms with Crippen LogP contribution in [0.2, 0.25) is 10.0 Å². The second kappa shape index (κ2) is 56.9. The number of ether oxygens (including phenoxy) is 2. The first kappa shape index (κ1) is 136. The van der Waals surface area contributed by atoms with Gasteiger partial charge in [0.2, 0.25) is 0 Å². The number of anilines is 5. The number of thiazole rings is 5. The van der Waals surface area contributed by atoms with E-state index in [1.165, 1.54) is 143 Å². The third-order valence-corrected chi connectivity index (χ3v) is 26.9. The molecule has 0 spiro atoms. The molecule has 55 heteroatoms. The number of benzene rings is 5. The molecule has 20 nitrogen and oxygen atoms in total. The Labute approximate surface area is 875 Å². The van der Waals surface area contributed by atoms with Gasteiger partial charge in [-0.1, -0.05) is 285 Å². The van der Waals surface area contributed by atoms with E-state index >= 15 is 0 Å². The van der Waals surface area contributed by atoms with E-state index in [4.69, 9.17) is 79.7 Å². The van der Waals surface area contributed by atoms with Gasteiger partial charge in [-0.3, -0.25) is 0 Å². The molecule has 0 bridgehead atoms. The van der Waals surface area contributed by atoms with Crippen LogP contribution in [0.25, 0.3) is 51.1 Å². The second-order valence-electron chi connectivity index (χ2n) is 36.1. The van der Waals surface area contributed by atoms with Gasteiger partial charge < -0.3 is 34.0 Å². The van der Waals surface area contributed by atoms with Crippen LogP contribution in [-0.4, -0.2) is 104 Å². The predicted molar refractivity (Wildman–Crippen MR) is 571 cm³/mol. The van der Waals surface area contributed by atoms with Crippen molar-refractivity contribution in [3.63, 3.8) is 0 Å². The van der Waals surface area contributed by atoms with Gasteiger partial charge in [0.1, 0.15) is 27.4 Å². The van der Waals surface area contributed by atoms with Crippen LogP contribution in [0.1, 0.15) is 282 Å². The number of nitrogens with zero attached hydrogens (tertiary/aromatic N) is 14. The van der Waals surface area contributed by atoms with Crippen molar-refractivity contribution in [2.75, 3.05) is 103 Å². The second-order valence-corrected chi connectivity index (χ2v) is 49.6. The zero-order chi connectivity index (χ0) is 112. The molecule has 5 aromatic carbocycles. The molecule has 0 aliphatic rings. The maximum absolute atomic E-state index is 10.7. The van der Waals surface area contributed by atoms with Gasteiger partial charge >= 0.3 is 132 Å². The van der Waals surface area contributed by atoms with E-state index in [1.54, 1.807) is 45.3 Å². The zero-order valence-electron chi connectivity index (χ0n) is 86.3. The van der Waals surface area contributed by atoms with Gasteiger partial charge in [-0.25, -0.2) is 24.9 Å². The molecule has 1 unspecified atom stereocenters. The Morgan fingerprint density at radius 1 is 0.340 bits per heavy atom. The first-order valence-electron chi connectivity index (χ1n) is 48.7. The Morgan fingerprint density at radius 3 is 1.01 bits per heavy atom. The summed E-state index contributed by atoms with van der Waals surface area (Å²) in [6.07, 6.45) is 30.8. The van der Waals surface area contributed by atoms with Gasteiger partial charge in [0.05, 0.1) is 58.3 Å². The summed E-state index contributed by atoms with van der Waals surface area (Å²) in [6, 6.07) is 20.3. The number of unbranched alkanes of at least 4 members (excludes halogenated alkanes) is 13. The third kappa shape index (κ3) is 63.4. The standard InChI is InChI=1S/C24H39ClN4OS.C21H34N4OS.C16H23ClN4S.C16H24N2S.C15H22N4S.4F6P/c1-7-9-12-29(13-10-8-2)23-27-21-19(31-23)15-18(28-26)22(20(21)25)30-14-11-17(3)16-24(4,5)6;1-4-7-10-11-14-26-19-16-20-18(15-17(19)24-22)23-21(27-20)25(12-8-5-2)13-9-6-3;1-4-6-8-21(9-7-5-2)16-19-15-13(22-16)10-12(20-18)11(3)14(15)17;1-4-6-11-18(12-7-5-2)16-17-15-13(3)9-8-10-14(15)19-16;1-3-5-10-19(11-6-4-2)15-17-12-8-7-9-13(18-16)14(12)20-15;4*1-7(2,3,4,5)6/h15,17,26H,7-14,16H2,1-6H3;15-16,22H,4-14H2,1-3H3;10,18H,4-9H2,1-3H3;8-10H,4-7,11-12H2,1-3H3;7-9,16H,3-6,10-11H2,1-2H3;;;;/q;;;;;4*-1/p+4. The molecule has 0 aliphatic carbocycles. The minimum atomic E-state index is -10.7. The van der Waals surface area contributed by atoms with Crippen LogP contribution >= 0.6 is 111 Å². The quantitative estimate of drug-likeness (QED) is 0.0120. The molecule has 10 rings (SSSR count). The molecule has 8 N–H and O–H groups in total. The number of rotatable bonds is 50. The fraction of sp³-hybridized carbons (Fsp3) is 0.620. The zero-order valence-corrected chi connectivity index (χ0v) is 95.4. The van der Waals surface area contributed by atoms with Gasteiger partial charge in [0.25, 0.3) is 0 Å². The molecular formula is C92H146Cl2F24N18O2P4S5. The summed E-state index contributed by atoms with van der Waals surface area (Å²) >= 11 is 21.8. The molecule has 0 aliphatic heterocycles. The third-order valence-electron chi connectivity index (χ3n) is 20.6. The van der Waals surface area contributed by atoms with E-state index in [9.17, 15) is 101 Å². The van der Waals surface area contributed by atoms with E-state index in [0.717, 1.165) is 194 Å². The van der Waals surface area contributed by atoms with Crippen LogP contribution in [0.4, 0.5) is 149 Å². The first-order chi connectivity index (χ1) is 67.4. The molecule has 0 fully saturated rings. The van der Waals surface area contributed by atoms with Crippen LogP contribution in [0.15, 0.2) is 81.1 Å².